The Labute approximate surface area is 214 Å². The maximum Gasteiger partial charge on any atom is 0.407 e. The number of alkyl carbamates (subject to hydrolysis) is 1. The number of hydrogen-bond acceptors (Lipinski definition) is 8. The van der Waals surface area contributed by atoms with Gasteiger partial charge in [-0.1, -0.05) is 6.07 Å². The second-order valence-electron chi connectivity index (χ2n) is 9.75. The summed E-state index contributed by atoms with van der Waals surface area (Å²) in [6, 6.07) is 3.35. The summed E-state index contributed by atoms with van der Waals surface area (Å²) in [5, 5.41) is 7.53. The molecule has 37 heavy (non-hydrogen) atoms. The summed E-state index contributed by atoms with van der Waals surface area (Å²) in [7, 11) is 0. The number of carbonyl (C=O) groups excluding carboxylic acids is 6. The Hall–Kier alpha value is -3.96. The van der Waals surface area contributed by atoms with Crippen molar-refractivity contribution >= 4 is 35.6 Å². The fraction of sp³-hybridized carbons (Fsp3) is 0.520. The third-order valence-corrected chi connectivity index (χ3v) is 5.62. The lowest BCUT2D eigenvalue weighted by atomic mass is 10.1. The average Bonchev–Trinajstić information content (AvgIpc) is 2.94. The molecule has 0 aromatic heterocycles. The van der Waals surface area contributed by atoms with Gasteiger partial charge in [-0.2, -0.15) is 0 Å². The molecule has 12 heteroatoms. The second-order valence-corrected chi connectivity index (χ2v) is 9.75. The second kappa shape index (κ2) is 11.8. The Morgan fingerprint density at radius 3 is 2.46 bits per heavy atom. The average molecular weight is 517 g/mol. The molecule has 1 fully saturated rings. The Morgan fingerprint density at radius 2 is 1.76 bits per heavy atom. The third kappa shape index (κ3) is 7.28. The maximum absolute atomic E-state index is 13.1. The Morgan fingerprint density at radius 1 is 1.05 bits per heavy atom. The monoisotopic (exact) mass is 516 g/mol. The number of amides is 6. The number of nitrogens with zero attached hydrogens (tertiary/aromatic N) is 1. The number of hydrogen-bond donors (Lipinski definition) is 3. The Kier molecular flexibility index (Phi) is 8.85. The molecule has 0 aliphatic carbocycles. The molecule has 2 aliphatic rings. The van der Waals surface area contributed by atoms with Crippen LogP contribution in [0.15, 0.2) is 18.2 Å². The fourth-order valence-electron chi connectivity index (χ4n) is 3.97. The van der Waals surface area contributed by atoms with Crippen LogP contribution in [0.25, 0.3) is 0 Å². The minimum Gasteiger partial charge on any atom is -0.483 e. The summed E-state index contributed by atoms with van der Waals surface area (Å²) < 4.78 is 10.7. The number of unbranched alkanes of at least 4 members (excludes halogenated alkanes) is 1. The van der Waals surface area contributed by atoms with Crippen LogP contribution in [0.5, 0.6) is 5.75 Å². The standard InChI is InChI=1S/C25H32N4O8/c1-25(2,3)37-24(35)27-13-5-4-12-26-19(31)14-36-17-10-6-8-15-20(17)23(34)29(22(15)33)16-9-7-11-18(30)28-21(16)32/h6,8,10,16H,4-5,7,9,11-14H2,1-3H3,(H,26,31)(H,27,35)(H,28,30,32)/t16-/m0/s1. The molecule has 12 nitrogen and oxygen atoms in total. The van der Waals surface area contributed by atoms with E-state index in [2.05, 4.69) is 16.0 Å². The number of nitrogens with one attached hydrogen (secondary N) is 3. The molecule has 2 aliphatic heterocycles. The summed E-state index contributed by atoms with van der Waals surface area (Å²) in [4.78, 5) is 74.8. The first kappa shape index (κ1) is 27.6. The van der Waals surface area contributed by atoms with Gasteiger partial charge >= 0.3 is 6.09 Å². The van der Waals surface area contributed by atoms with Crippen molar-refractivity contribution in [2.45, 2.75) is 64.5 Å². The van der Waals surface area contributed by atoms with Crippen LogP contribution in [-0.2, 0) is 19.1 Å². The van der Waals surface area contributed by atoms with E-state index in [1.54, 1.807) is 20.8 Å². The number of imide groups is 2. The number of carbonyl (C=O) groups is 6. The molecule has 200 valence electrons. The highest BCUT2D eigenvalue weighted by Gasteiger charge is 2.45. The summed E-state index contributed by atoms with van der Waals surface area (Å²) in [6.07, 6.45) is 1.40. The molecule has 0 saturated carbocycles. The van der Waals surface area contributed by atoms with E-state index in [1.165, 1.54) is 18.2 Å². The number of rotatable bonds is 9. The third-order valence-electron chi connectivity index (χ3n) is 5.62. The lowest BCUT2D eigenvalue weighted by molar-refractivity contribution is -0.131. The smallest absolute Gasteiger partial charge is 0.407 e. The molecular formula is C25H32N4O8. The summed E-state index contributed by atoms with van der Waals surface area (Å²) >= 11 is 0. The van der Waals surface area contributed by atoms with E-state index in [1.807, 2.05) is 0 Å². The van der Waals surface area contributed by atoms with Gasteiger partial charge in [0.2, 0.25) is 11.8 Å². The van der Waals surface area contributed by atoms with Crippen LogP contribution >= 0.6 is 0 Å². The highest BCUT2D eigenvalue weighted by molar-refractivity contribution is 6.24. The number of benzene rings is 1. The van der Waals surface area contributed by atoms with Gasteiger partial charge in [0.25, 0.3) is 17.7 Å². The normalized spacial score (nSPS) is 17.6. The summed E-state index contributed by atoms with van der Waals surface area (Å²) in [6.45, 7) is 5.70. The molecule has 1 saturated heterocycles. The molecule has 3 rings (SSSR count). The van der Waals surface area contributed by atoms with Crippen molar-refractivity contribution in [3.63, 3.8) is 0 Å². The molecule has 0 radical (unpaired) electrons. The topological polar surface area (TPSA) is 160 Å². The number of fused-ring (bicyclic) bond motifs is 1. The van der Waals surface area contributed by atoms with Crippen molar-refractivity contribution in [1.82, 2.24) is 20.9 Å². The van der Waals surface area contributed by atoms with E-state index in [9.17, 15) is 28.8 Å². The molecule has 0 spiro atoms. The molecular weight excluding hydrogens is 484 g/mol. The van der Waals surface area contributed by atoms with Gasteiger partial charge in [-0.3, -0.25) is 34.2 Å². The van der Waals surface area contributed by atoms with Crippen LogP contribution in [0, 0.1) is 0 Å². The van der Waals surface area contributed by atoms with Crippen LogP contribution in [0.4, 0.5) is 4.79 Å². The first-order chi connectivity index (χ1) is 17.5. The number of ether oxygens (including phenoxy) is 2. The van der Waals surface area contributed by atoms with Crippen molar-refractivity contribution in [3.05, 3.63) is 29.3 Å². The van der Waals surface area contributed by atoms with Gasteiger partial charge in [-0.25, -0.2) is 4.79 Å². The van der Waals surface area contributed by atoms with E-state index in [-0.39, 0.29) is 36.3 Å². The zero-order valence-electron chi connectivity index (χ0n) is 21.2. The van der Waals surface area contributed by atoms with Gasteiger partial charge in [0.1, 0.15) is 17.4 Å². The lowest BCUT2D eigenvalue weighted by Crippen LogP contribution is -2.49. The van der Waals surface area contributed by atoms with Gasteiger partial charge < -0.3 is 20.1 Å². The van der Waals surface area contributed by atoms with Crippen molar-refractivity contribution in [2.75, 3.05) is 19.7 Å². The Balaban J connectivity index is 1.49. The molecule has 3 N–H and O–H groups in total. The summed E-state index contributed by atoms with van der Waals surface area (Å²) in [5.74, 6) is -2.86. The van der Waals surface area contributed by atoms with Gasteiger partial charge in [-0.15, -0.1) is 0 Å². The molecule has 1 aromatic rings. The molecule has 0 bridgehead atoms. The minimum atomic E-state index is -1.10. The zero-order valence-corrected chi connectivity index (χ0v) is 21.2. The molecule has 6 amide bonds. The van der Waals surface area contributed by atoms with E-state index in [0.717, 1.165) is 4.90 Å². The van der Waals surface area contributed by atoms with Gasteiger partial charge in [0.15, 0.2) is 6.61 Å². The lowest BCUT2D eigenvalue weighted by Gasteiger charge is -2.23. The quantitative estimate of drug-likeness (QED) is 0.327. The van der Waals surface area contributed by atoms with Crippen molar-refractivity contribution in [2.24, 2.45) is 0 Å². The molecule has 1 atom stereocenters. The van der Waals surface area contributed by atoms with E-state index < -0.39 is 47.3 Å². The van der Waals surface area contributed by atoms with Gasteiger partial charge in [-0.05, 0) is 58.6 Å². The maximum atomic E-state index is 13.1. The van der Waals surface area contributed by atoms with E-state index in [0.29, 0.717) is 32.4 Å². The predicted molar refractivity (Wildman–Crippen MR) is 130 cm³/mol. The molecule has 0 unspecified atom stereocenters. The van der Waals surface area contributed by atoms with E-state index in [4.69, 9.17) is 9.47 Å². The van der Waals surface area contributed by atoms with Crippen molar-refractivity contribution in [3.8, 4) is 5.75 Å². The van der Waals surface area contributed by atoms with Crippen LogP contribution in [0.1, 0.15) is 73.6 Å². The molecule has 1 aromatic carbocycles. The highest BCUT2D eigenvalue weighted by atomic mass is 16.6. The van der Waals surface area contributed by atoms with Crippen LogP contribution in [-0.4, -0.2) is 71.9 Å². The van der Waals surface area contributed by atoms with Crippen LogP contribution < -0.4 is 20.7 Å². The minimum absolute atomic E-state index is 0.0168. The van der Waals surface area contributed by atoms with Crippen LogP contribution in [0.3, 0.4) is 0 Å². The van der Waals surface area contributed by atoms with Crippen molar-refractivity contribution in [1.29, 1.82) is 0 Å². The van der Waals surface area contributed by atoms with Gasteiger partial charge in [0.05, 0.1) is 11.1 Å². The van der Waals surface area contributed by atoms with Crippen molar-refractivity contribution < 1.29 is 38.2 Å². The largest absolute Gasteiger partial charge is 0.483 e. The SMILES string of the molecule is CC(C)(C)OC(=O)NCCCCNC(=O)COc1cccc2c1C(=O)N([C@H]1CCCC(=O)NC1=O)C2=O. The van der Waals surface area contributed by atoms with E-state index >= 15 is 0 Å². The predicted octanol–water partition coefficient (Wildman–Crippen LogP) is 1.28. The first-order valence-electron chi connectivity index (χ1n) is 12.2. The first-order valence-corrected chi connectivity index (χ1v) is 12.2. The Bertz CT molecular complexity index is 1090. The van der Waals surface area contributed by atoms with Gasteiger partial charge in [0, 0.05) is 19.5 Å². The summed E-state index contributed by atoms with van der Waals surface area (Å²) in [5.41, 5.74) is -0.516. The fourth-order valence-corrected chi connectivity index (χ4v) is 3.97. The zero-order chi connectivity index (χ0) is 27.2. The molecule has 2 heterocycles. The highest BCUT2D eigenvalue weighted by Crippen LogP contribution is 2.33. The van der Waals surface area contributed by atoms with Crippen LogP contribution in [0.2, 0.25) is 0 Å².